The first-order valence-corrected chi connectivity index (χ1v) is 3.81. The largest absolute Gasteiger partial charge is 0.468 e. The molecule has 12 heavy (non-hydrogen) atoms. The van der Waals surface area contributed by atoms with Crippen molar-refractivity contribution in [3.8, 4) is 11.1 Å². The van der Waals surface area contributed by atoms with Crippen LogP contribution >= 0.6 is 0 Å². The molecular formula is C9H6N2O. The van der Waals surface area contributed by atoms with Crippen LogP contribution in [0.3, 0.4) is 0 Å². The Morgan fingerprint density at radius 3 is 3.33 bits per heavy atom. The standard InChI is InChI=1S/C9H6N2O/c1-2-12-9-3-8-7(6(1)9)4-10-5-11-8/h1-2,4-5H,3H2. The van der Waals surface area contributed by atoms with Gasteiger partial charge < -0.3 is 4.42 Å². The SMILES string of the molecule is c1ncc2c(n1)Cc1occc1-2. The van der Waals surface area contributed by atoms with E-state index in [0.717, 1.165) is 29.0 Å². The molecule has 0 bridgehead atoms. The summed E-state index contributed by atoms with van der Waals surface area (Å²) in [5, 5.41) is 0. The van der Waals surface area contributed by atoms with Crippen LogP contribution in [0.1, 0.15) is 11.5 Å². The molecule has 0 saturated heterocycles. The smallest absolute Gasteiger partial charge is 0.117 e. The summed E-state index contributed by atoms with van der Waals surface area (Å²) < 4.78 is 5.29. The first-order chi connectivity index (χ1) is 5.95. The number of nitrogens with zero attached hydrogens (tertiary/aromatic N) is 2. The highest BCUT2D eigenvalue weighted by Crippen LogP contribution is 2.34. The second kappa shape index (κ2) is 1.94. The fourth-order valence-corrected chi connectivity index (χ4v) is 1.59. The van der Waals surface area contributed by atoms with Crippen LogP contribution in [-0.2, 0) is 6.42 Å². The maximum absolute atomic E-state index is 5.29. The van der Waals surface area contributed by atoms with Gasteiger partial charge in [-0.3, -0.25) is 0 Å². The maximum atomic E-state index is 5.29. The van der Waals surface area contributed by atoms with Crippen molar-refractivity contribution < 1.29 is 4.42 Å². The van der Waals surface area contributed by atoms with Crippen molar-refractivity contribution in [1.29, 1.82) is 0 Å². The first-order valence-electron chi connectivity index (χ1n) is 3.81. The van der Waals surface area contributed by atoms with Crippen LogP contribution in [0, 0.1) is 0 Å². The third-order valence-corrected chi connectivity index (χ3v) is 2.16. The van der Waals surface area contributed by atoms with Crippen LogP contribution in [0.4, 0.5) is 0 Å². The fourth-order valence-electron chi connectivity index (χ4n) is 1.59. The summed E-state index contributed by atoms with van der Waals surface area (Å²) in [5.74, 6) is 1.01. The summed E-state index contributed by atoms with van der Waals surface area (Å²) in [6, 6.07) is 1.96. The third kappa shape index (κ3) is 0.605. The highest BCUT2D eigenvalue weighted by molar-refractivity contribution is 5.72. The van der Waals surface area contributed by atoms with Gasteiger partial charge in [0.1, 0.15) is 12.1 Å². The van der Waals surface area contributed by atoms with Gasteiger partial charge >= 0.3 is 0 Å². The molecule has 3 nitrogen and oxygen atoms in total. The van der Waals surface area contributed by atoms with Crippen molar-refractivity contribution in [2.24, 2.45) is 0 Å². The first kappa shape index (κ1) is 5.94. The van der Waals surface area contributed by atoms with Crippen molar-refractivity contribution in [2.45, 2.75) is 6.42 Å². The molecule has 1 aliphatic carbocycles. The predicted molar refractivity (Wildman–Crippen MR) is 42.5 cm³/mol. The van der Waals surface area contributed by atoms with Crippen LogP contribution in [0.2, 0.25) is 0 Å². The summed E-state index contributed by atoms with van der Waals surface area (Å²) in [5.41, 5.74) is 3.33. The van der Waals surface area contributed by atoms with E-state index >= 15 is 0 Å². The maximum Gasteiger partial charge on any atom is 0.117 e. The van der Waals surface area contributed by atoms with Crippen LogP contribution in [0.5, 0.6) is 0 Å². The van der Waals surface area contributed by atoms with E-state index < -0.39 is 0 Å². The minimum absolute atomic E-state index is 0.806. The van der Waals surface area contributed by atoms with Gasteiger partial charge in [-0.1, -0.05) is 0 Å². The quantitative estimate of drug-likeness (QED) is 0.499. The third-order valence-electron chi connectivity index (χ3n) is 2.16. The van der Waals surface area contributed by atoms with E-state index in [9.17, 15) is 0 Å². The summed E-state index contributed by atoms with van der Waals surface area (Å²) in [6.45, 7) is 0. The molecule has 2 heterocycles. The molecule has 0 radical (unpaired) electrons. The lowest BCUT2D eigenvalue weighted by Gasteiger charge is -1.93. The molecule has 0 saturated carbocycles. The number of furan rings is 1. The Hall–Kier alpha value is -1.64. The van der Waals surface area contributed by atoms with E-state index in [0.29, 0.717) is 0 Å². The average molecular weight is 158 g/mol. The van der Waals surface area contributed by atoms with Gasteiger partial charge in [0.15, 0.2) is 0 Å². The Morgan fingerprint density at radius 1 is 1.33 bits per heavy atom. The van der Waals surface area contributed by atoms with Crippen molar-refractivity contribution in [1.82, 2.24) is 9.97 Å². The molecule has 0 atom stereocenters. The number of fused-ring (bicyclic) bond motifs is 3. The number of hydrogen-bond donors (Lipinski definition) is 0. The van der Waals surface area contributed by atoms with Crippen molar-refractivity contribution >= 4 is 0 Å². The molecule has 0 spiro atoms. The van der Waals surface area contributed by atoms with Gasteiger partial charge in [0.2, 0.25) is 0 Å². The molecule has 0 aromatic carbocycles. The molecule has 0 aliphatic heterocycles. The zero-order valence-corrected chi connectivity index (χ0v) is 6.32. The predicted octanol–water partition coefficient (Wildman–Crippen LogP) is 1.64. The molecule has 1 aliphatic rings. The molecule has 2 aromatic heterocycles. The van der Waals surface area contributed by atoms with Gasteiger partial charge in [-0.25, -0.2) is 9.97 Å². The molecule has 3 heteroatoms. The summed E-state index contributed by atoms with van der Waals surface area (Å²) in [7, 11) is 0. The molecule has 2 aromatic rings. The van der Waals surface area contributed by atoms with Gasteiger partial charge in [0.25, 0.3) is 0 Å². The zero-order valence-electron chi connectivity index (χ0n) is 6.32. The van der Waals surface area contributed by atoms with Crippen molar-refractivity contribution in [2.75, 3.05) is 0 Å². The Bertz CT molecular complexity index is 434. The van der Waals surface area contributed by atoms with Gasteiger partial charge in [0, 0.05) is 23.7 Å². The van der Waals surface area contributed by atoms with Crippen LogP contribution in [-0.4, -0.2) is 9.97 Å². The Balaban J connectivity index is 2.34. The van der Waals surface area contributed by atoms with Gasteiger partial charge in [0.05, 0.1) is 12.0 Å². The normalized spacial score (nSPS) is 12.7. The average Bonchev–Trinajstić information content (AvgIpc) is 2.62. The summed E-state index contributed by atoms with van der Waals surface area (Å²) in [6.07, 6.45) is 5.93. The number of aromatic nitrogens is 2. The highest BCUT2D eigenvalue weighted by atomic mass is 16.3. The molecule has 0 fully saturated rings. The molecule has 0 unspecified atom stereocenters. The van der Waals surface area contributed by atoms with Crippen LogP contribution < -0.4 is 0 Å². The minimum atomic E-state index is 0.806. The van der Waals surface area contributed by atoms with E-state index in [2.05, 4.69) is 9.97 Å². The van der Waals surface area contributed by atoms with Crippen molar-refractivity contribution in [3.63, 3.8) is 0 Å². The van der Waals surface area contributed by atoms with Gasteiger partial charge in [-0.15, -0.1) is 0 Å². The molecule has 0 amide bonds. The van der Waals surface area contributed by atoms with Gasteiger partial charge in [-0.2, -0.15) is 0 Å². The topological polar surface area (TPSA) is 38.9 Å². The summed E-state index contributed by atoms with van der Waals surface area (Å²) in [4.78, 5) is 8.16. The number of hydrogen-bond acceptors (Lipinski definition) is 3. The van der Waals surface area contributed by atoms with Crippen LogP contribution in [0.15, 0.2) is 29.3 Å². The summed E-state index contributed by atoms with van der Waals surface area (Å²) >= 11 is 0. The fraction of sp³-hybridized carbons (Fsp3) is 0.111. The second-order valence-electron chi connectivity index (χ2n) is 2.82. The molecule has 3 rings (SSSR count). The molecule has 0 N–H and O–H groups in total. The van der Waals surface area contributed by atoms with Gasteiger partial charge in [-0.05, 0) is 6.07 Å². The Labute approximate surface area is 69.1 Å². The zero-order chi connectivity index (χ0) is 7.97. The van der Waals surface area contributed by atoms with Crippen LogP contribution in [0.25, 0.3) is 11.1 Å². The Morgan fingerprint density at radius 2 is 2.33 bits per heavy atom. The van der Waals surface area contributed by atoms with E-state index in [-0.39, 0.29) is 0 Å². The highest BCUT2D eigenvalue weighted by Gasteiger charge is 2.21. The van der Waals surface area contributed by atoms with E-state index in [4.69, 9.17) is 4.42 Å². The Kier molecular flexibility index (Phi) is 0.961. The second-order valence-corrected chi connectivity index (χ2v) is 2.82. The lowest BCUT2D eigenvalue weighted by molar-refractivity contribution is 0.524. The van der Waals surface area contributed by atoms with E-state index in [1.807, 2.05) is 12.3 Å². The monoisotopic (exact) mass is 158 g/mol. The van der Waals surface area contributed by atoms with E-state index in [1.165, 1.54) is 0 Å². The number of rotatable bonds is 0. The molecule has 58 valence electrons. The molecular weight excluding hydrogens is 152 g/mol. The minimum Gasteiger partial charge on any atom is -0.468 e. The lowest BCUT2D eigenvalue weighted by atomic mass is 10.2. The van der Waals surface area contributed by atoms with E-state index in [1.54, 1.807) is 12.6 Å². The lowest BCUT2D eigenvalue weighted by Crippen LogP contribution is -1.86. The van der Waals surface area contributed by atoms with Crippen molar-refractivity contribution in [3.05, 3.63) is 36.3 Å².